The predicted octanol–water partition coefficient (Wildman–Crippen LogP) is 2.94. The second-order valence-corrected chi connectivity index (χ2v) is 5.21. The van der Waals surface area contributed by atoms with Gasteiger partial charge in [0, 0.05) is 12.8 Å². The Labute approximate surface area is 125 Å². The zero-order valence-corrected chi connectivity index (χ0v) is 12.2. The third kappa shape index (κ3) is 5.04. The molecular weight excluding hydrogens is 262 g/mol. The third-order valence-electron chi connectivity index (χ3n) is 3.45. The Morgan fingerprint density at radius 1 is 0.952 bits per heavy atom. The van der Waals surface area contributed by atoms with Crippen molar-refractivity contribution in [2.45, 2.75) is 26.0 Å². The van der Waals surface area contributed by atoms with Gasteiger partial charge in [0.15, 0.2) is 6.23 Å². The summed E-state index contributed by atoms with van der Waals surface area (Å²) in [5.41, 5.74) is 8.46. The third-order valence-corrected chi connectivity index (χ3v) is 3.45. The van der Waals surface area contributed by atoms with E-state index < -0.39 is 6.23 Å². The van der Waals surface area contributed by atoms with Crippen molar-refractivity contribution in [1.82, 2.24) is 0 Å². The molecule has 0 aliphatic rings. The highest BCUT2D eigenvalue weighted by Crippen LogP contribution is 2.18. The zero-order valence-electron chi connectivity index (χ0n) is 12.2. The van der Waals surface area contributed by atoms with E-state index in [0.29, 0.717) is 0 Å². The maximum atomic E-state index is 11.2. The molecule has 1 atom stereocenters. The second-order valence-electron chi connectivity index (χ2n) is 5.21. The molecule has 0 saturated heterocycles. The topological polar surface area (TPSA) is 52.3 Å². The van der Waals surface area contributed by atoms with Crippen LogP contribution in [0.15, 0.2) is 60.7 Å². The van der Waals surface area contributed by atoms with Gasteiger partial charge in [-0.1, -0.05) is 60.7 Å². The lowest BCUT2D eigenvalue weighted by Crippen LogP contribution is -2.37. The number of nitrogens with two attached hydrogens (primary N) is 1. The molecule has 0 heterocycles. The van der Waals surface area contributed by atoms with E-state index in [2.05, 4.69) is 24.3 Å². The first kappa shape index (κ1) is 15.3. The van der Waals surface area contributed by atoms with Crippen molar-refractivity contribution < 1.29 is 9.53 Å². The molecule has 0 spiro atoms. The fraction of sp³-hybridized carbons (Fsp3) is 0.278. The Morgan fingerprint density at radius 3 is 1.76 bits per heavy atom. The summed E-state index contributed by atoms with van der Waals surface area (Å²) >= 11 is 0. The monoisotopic (exact) mass is 283 g/mol. The number of carbonyl (C=O) groups is 1. The highest BCUT2D eigenvalue weighted by atomic mass is 16.6. The maximum Gasteiger partial charge on any atom is 0.304 e. The average Bonchev–Trinajstić information content (AvgIpc) is 2.48. The van der Waals surface area contributed by atoms with Crippen LogP contribution in [0.3, 0.4) is 0 Å². The van der Waals surface area contributed by atoms with Crippen molar-refractivity contribution in [2.24, 2.45) is 11.7 Å². The van der Waals surface area contributed by atoms with Gasteiger partial charge in [0.25, 0.3) is 0 Å². The van der Waals surface area contributed by atoms with Crippen LogP contribution in [0.1, 0.15) is 18.1 Å². The van der Waals surface area contributed by atoms with Gasteiger partial charge in [0.2, 0.25) is 0 Å². The largest absolute Gasteiger partial charge is 0.447 e. The number of rotatable bonds is 6. The summed E-state index contributed by atoms with van der Waals surface area (Å²) in [5, 5.41) is 0. The first-order valence-corrected chi connectivity index (χ1v) is 7.16. The van der Waals surface area contributed by atoms with Crippen LogP contribution < -0.4 is 5.73 Å². The lowest BCUT2D eigenvalue weighted by Gasteiger charge is -2.23. The molecule has 3 heteroatoms. The highest BCUT2D eigenvalue weighted by Gasteiger charge is 2.21. The van der Waals surface area contributed by atoms with Crippen LogP contribution >= 0.6 is 0 Å². The Bertz CT molecular complexity index is 512. The molecule has 0 radical (unpaired) electrons. The zero-order chi connectivity index (χ0) is 15.1. The van der Waals surface area contributed by atoms with Crippen LogP contribution in [-0.2, 0) is 22.4 Å². The first-order chi connectivity index (χ1) is 10.1. The lowest BCUT2D eigenvalue weighted by molar-refractivity contribution is -0.148. The molecule has 21 heavy (non-hydrogen) atoms. The van der Waals surface area contributed by atoms with E-state index in [-0.39, 0.29) is 11.9 Å². The van der Waals surface area contributed by atoms with Gasteiger partial charge in [-0.05, 0) is 24.0 Å². The quantitative estimate of drug-likeness (QED) is 0.655. The van der Waals surface area contributed by atoms with Crippen molar-refractivity contribution in [1.29, 1.82) is 0 Å². The average molecular weight is 283 g/mol. The number of hydrogen-bond donors (Lipinski definition) is 1. The summed E-state index contributed by atoms with van der Waals surface area (Å²) in [6, 6.07) is 20.3. The van der Waals surface area contributed by atoms with E-state index in [1.807, 2.05) is 36.4 Å². The molecule has 3 nitrogen and oxygen atoms in total. The number of esters is 1. The van der Waals surface area contributed by atoms with Crippen LogP contribution in [0.5, 0.6) is 0 Å². The molecular formula is C18H21NO2. The van der Waals surface area contributed by atoms with Crippen molar-refractivity contribution in [3.63, 3.8) is 0 Å². The van der Waals surface area contributed by atoms with Crippen LogP contribution in [0, 0.1) is 5.92 Å². The molecule has 0 aliphatic carbocycles. The SMILES string of the molecule is CC(=O)OC(N)C(Cc1ccccc1)Cc1ccccc1. The van der Waals surface area contributed by atoms with Crippen molar-refractivity contribution in [3.05, 3.63) is 71.8 Å². The molecule has 110 valence electrons. The van der Waals surface area contributed by atoms with Gasteiger partial charge in [-0.15, -0.1) is 0 Å². The van der Waals surface area contributed by atoms with Crippen LogP contribution in [0.2, 0.25) is 0 Å². The second kappa shape index (κ2) is 7.60. The van der Waals surface area contributed by atoms with Crippen molar-refractivity contribution >= 4 is 5.97 Å². The fourth-order valence-corrected chi connectivity index (χ4v) is 2.43. The van der Waals surface area contributed by atoms with Gasteiger partial charge < -0.3 is 4.74 Å². The van der Waals surface area contributed by atoms with Crippen LogP contribution in [0.4, 0.5) is 0 Å². The van der Waals surface area contributed by atoms with Gasteiger partial charge in [-0.25, -0.2) is 0 Å². The number of carbonyl (C=O) groups excluding carboxylic acids is 1. The molecule has 0 bridgehead atoms. The first-order valence-electron chi connectivity index (χ1n) is 7.16. The molecule has 0 aromatic heterocycles. The Balaban J connectivity index is 2.11. The van der Waals surface area contributed by atoms with E-state index >= 15 is 0 Å². The Morgan fingerprint density at radius 2 is 1.38 bits per heavy atom. The maximum absolute atomic E-state index is 11.2. The molecule has 2 rings (SSSR count). The Hall–Kier alpha value is -2.13. The van der Waals surface area contributed by atoms with E-state index in [1.165, 1.54) is 18.1 Å². The van der Waals surface area contributed by atoms with Gasteiger partial charge in [0.1, 0.15) is 0 Å². The minimum atomic E-state index is -0.595. The summed E-state index contributed by atoms with van der Waals surface area (Å²) in [7, 11) is 0. The Kier molecular flexibility index (Phi) is 5.52. The van der Waals surface area contributed by atoms with Gasteiger partial charge in [0.05, 0.1) is 0 Å². The van der Waals surface area contributed by atoms with Gasteiger partial charge in [-0.3, -0.25) is 10.5 Å². The molecule has 1 unspecified atom stereocenters. The van der Waals surface area contributed by atoms with Crippen LogP contribution in [0.25, 0.3) is 0 Å². The number of benzene rings is 2. The summed E-state index contributed by atoms with van der Waals surface area (Å²) in [4.78, 5) is 11.2. The molecule has 0 fully saturated rings. The van der Waals surface area contributed by atoms with Crippen molar-refractivity contribution in [3.8, 4) is 0 Å². The standard InChI is InChI=1S/C18H21NO2/c1-14(20)21-18(19)17(12-15-8-4-2-5-9-15)13-16-10-6-3-7-11-16/h2-11,17-18H,12-13,19H2,1H3. The summed E-state index contributed by atoms with van der Waals surface area (Å²) < 4.78 is 5.20. The minimum absolute atomic E-state index is 0.0544. The van der Waals surface area contributed by atoms with Gasteiger partial charge in [-0.2, -0.15) is 0 Å². The highest BCUT2D eigenvalue weighted by molar-refractivity contribution is 5.66. The molecule has 2 aromatic carbocycles. The predicted molar refractivity (Wildman–Crippen MR) is 83.5 cm³/mol. The molecule has 2 N–H and O–H groups in total. The molecule has 0 amide bonds. The fourth-order valence-electron chi connectivity index (χ4n) is 2.43. The van der Waals surface area contributed by atoms with E-state index in [9.17, 15) is 4.79 Å². The van der Waals surface area contributed by atoms with E-state index in [0.717, 1.165) is 12.8 Å². The van der Waals surface area contributed by atoms with Crippen molar-refractivity contribution in [2.75, 3.05) is 0 Å². The lowest BCUT2D eigenvalue weighted by atomic mass is 9.91. The van der Waals surface area contributed by atoms with Gasteiger partial charge >= 0.3 is 5.97 Å². The van der Waals surface area contributed by atoms with E-state index in [1.54, 1.807) is 0 Å². The van der Waals surface area contributed by atoms with Crippen LogP contribution in [-0.4, -0.2) is 12.2 Å². The minimum Gasteiger partial charge on any atom is -0.447 e. The summed E-state index contributed by atoms with van der Waals surface area (Å²) in [6.45, 7) is 1.39. The molecule has 0 saturated carbocycles. The molecule has 0 aliphatic heterocycles. The molecule has 2 aromatic rings. The normalized spacial score (nSPS) is 12.1. The summed E-state index contributed by atoms with van der Waals surface area (Å²) in [5.74, 6) is -0.285. The van der Waals surface area contributed by atoms with E-state index in [4.69, 9.17) is 10.5 Å². The smallest absolute Gasteiger partial charge is 0.304 e. The number of ether oxygens (including phenoxy) is 1. The number of hydrogen-bond acceptors (Lipinski definition) is 3. The summed E-state index contributed by atoms with van der Waals surface area (Å²) in [6.07, 6.45) is 0.969.